The average Bonchev–Trinajstić information content (AvgIpc) is 2.94. The molecule has 3 nitrogen and oxygen atoms in total. The van der Waals surface area contributed by atoms with Gasteiger partial charge in [-0.15, -0.1) is 0 Å². The van der Waals surface area contributed by atoms with Crippen LogP contribution in [0.3, 0.4) is 0 Å². The van der Waals surface area contributed by atoms with Crippen molar-refractivity contribution in [2.75, 3.05) is 6.61 Å². The molecule has 0 radical (unpaired) electrons. The van der Waals surface area contributed by atoms with Gasteiger partial charge in [-0.3, -0.25) is 4.79 Å². The van der Waals surface area contributed by atoms with Gasteiger partial charge >= 0.3 is 5.97 Å². The summed E-state index contributed by atoms with van der Waals surface area (Å²) >= 11 is 0. The van der Waals surface area contributed by atoms with Crippen LogP contribution in [0.2, 0.25) is 0 Å². The smallest absolute Gasteiger partial charge is 0.312 e. The summed E-state index contributed by atoms with van der Waals surface area (Å²) in [6.45, 7) is 7.14. The first-order valence-corrected chi connectivity index (χ1v) is 6.70. The number of hydrogen-bond acceptors (Lipinski definition) is 2. The number of aliphatic carboxylic acids is 1. The third-order valence-corrected chi connectivity index (χ3v) is 4.19. The third kappa shape index (κ3) is 2.65. The summed E-state index contributed by atoms with van der Waals surface area (Å²) in [7, 11) is 0. The largest absolute Gasteiger partial charge is 0.481 e. The second-order valence-corrected chi connectivity index (χ2v) is 6.90. The van der Waals surface area contributed by atoms with Crippen LogP contribution < -0.4 is 0 Å². The molecule has 1 heterocycles. The van der Waals surface area contributed by atoms with Crippen molar-refractivity contribution < 1.29 is 14.6 Å². The quantitative estimate of drug-likeness (QED) is 0.821. The molecule has 0 bridgehead atoms. The van der Waals surface area contributed by atoms with E-state index in [0.29, 0.717) is 18.9 Å². The summed E-state index contributed by atoms with van der Waals surface area (Å²) < 4.78 is 5.74. The summed E-state index contributed by atoms with van der Waals surface area (Å²) in [5, 5.41) is 9.63. The van der Waals surface area contributed by atoms with E-state index in [1.807, 2.05) is 0 Å². The molecule has 98 valence electrons. The number of rotatable bonds is 4. The van der Waals surface area contributed by atoms with Crippen LogP contribution in [0.15, 0.2) is 0 Å². The number of carboxylic acid groups (broad SMARTS) is 1. The monoisotopic (exact) mass is 240 g/mol. The maximum atomic E-state index is 11.7. The Balaban J connectivity index is 2.11. The summed E-state index contributed by atoms with van der Waals surface area (Å²) in [5.74, 6) is -0.135. The highest BCUT2D eigenvalue weighted by atomic mass is 16.5. The van der Waals surface area contributed by atoms with Gasteiger partial charge in [-0.2, -0.15) is 0 Å². The summed E-state index contributed by atoms with van der Waals surface area (Å²) in [6.07, 6.45) is 4.67. The van der Waals surface area contributed by atoms with Gasteiger partial charge < -0.3 is 9.84 Å². The minimum atomic E-state index is -0.642. The lowest BCUT2D eigenvalue weighted by atomic mass is 9.72. The zero-order valence-corrected chi connectivity index (χ0v) is 11.2. The van der Waals surface area contributed by atoms with E-state index in [-0.39, 0.29) is 11.5 Å². The number of hydrogen-bond donors (Lipinski definition) is 1. The molecule has 0 aromatic rings. The zero-order chi connectivity index (χ0) is 12.7. The van der Waals surface area contributed by atoms with Gasteiger partial charge in [0.25, 0.3) is 0 Å². The van der Waals surface area contributed by atoms with Crippen LogP contribution in [-0.2, 0) is 9.53 Å². The van der Waals surface area contributed by atoms with Gasteiger partial charge in [-0.05, 0) is 43.4 Å². The Labute approximate surface area is 104 Å². The van der Waals surface area contributed by atoms with Crippen molar-refractivity contribution in [2.45, 2.75) is 59.0 Å². The van der Waals surface area contributed by atoms with Gasteiger partial charge in [-0.1, -0.05) is 20.8 Å². The molecule has 0 aromatic heterocycles. The Kier molecular flexibility index (Phi) is 3.23. The molecule has 2 unspecified atom stereocenters. The van der Waals surface area contributed by atoms with Crippen LogP contribution >= 0.6 is 0 Å². The highest BCUT2D eigenvalue weighted by Gasteiger charge is 2.55. The molecule has 0 amide bonds. The van der Waals surface area contributed by atoms with E-state index in [1.54, 1.807) is 0 Å². The number of ether oxygens (including phenoxy) is 1. The van der Waals surface area contributed by atoms with Crippen molar-refractivity contribution in [3.63, 3.8) is 0 Å². The fourth-order valence-corrected chi connectivity index (χ4v) is 2.86. The van der Waals surface area contributed by atoms with E-state index in [1.165, 1.54) is 0 Å². The van der Waals surface area contributed by atoms with E-state index < -0.39 is 11.4 Å². The Hall–Kier alpha value is -0.570. The van der Waals surface area contributed by atoms with Crippen molar-refractivity contribution in [2.24, 2.45) is 16.7 Å². The van der Waals surface area contributed by atoms with Gasteiger partial charge in [0.2, 0.25) is 0 Å². The molecule has 2 rings (SSSR count). The number of carbonyl (C=O) groups is 1. The molecule has 1 aliphatic heterocycles. The van der Waals surface area contributed by atoms with Gasteiger partial charge in [-0.25, -0.2) is 0 Å². The van der Waals surface area contributed by atoms with Crippen LogP contribution in [0.4, 0.5) is 0 Å². The highest BCUT2D eigenvalue weighted by Crippen LogP contribution is 2.51. The molecule has 1 aliphatic carbocycles. The van der Waals surface area contributed by atoms with Crippen LogP contribution in [0.5, 0.6) is 0 Å². The third-order valence-electron chi connectivity index (χ3n) is 4.19. The predicted molar refractivity (Wildman–Crippen MR) is 65.8 cm³/mol. The standard InChI is InChI=1S/C14H24O3/c1-13(2,3)6-7-14(12(15)16)8-9-17-11(14)10-4-5-10/h10-11H,4-9H2,1-3H3,(H,15,16). The molecular weight excluding hydrogens is 216 g/mol. The van der Waals surface area contributed by atoms with Crippen LogP contribution in [0, 0.1) is 16.7 Å². The molecule has 1 N–H and O–H groups in total. The predicted octanol–water partition coefficient (Wildman–Crippen LogP) is 3.08. The van der Waals surface area contributed by atoms with Gasteiger partial charge in [0.1, 0.15) is 0 Å². The molecular formula is C14H24O3. The van der Waals surface area contributed by atoms with Gasteiger partial charge in [0.15, 0.2) is 0 Å². The molecule has 17 heavy (non-hydrogen) atoms. The molecule has 0 aromatic carbocycles. The highest BCUT2D eigenvalue weighted by molar-refractivity contribution is 5.76. The number of carboxylic acids is 1. The summed E-state index contributed by atoms with van der Waals surface area (Å²) in [4.78, 5) is 11.7. The lowest BCUT2D eigenvalue weighted by molar-refractivity contribution is -0.154. The first kappa shape index (κ1) is 12.9. The molecule has 3 heteroatoms. The van der Waals surface area contributed by atoms with Crippen molar-refractivity contribution in [1.82, 2.24) is 0 Å². The minimum Gasteiger partial charge on any atom is -0.481 e. The minimum absolute atomic E-state index is 0.0256. The first-order chi connectivity index (χ1) is 7.85. The normalized spacial score (nSPS) is 33.9. The van der Waals surface area contributed by atoms with E-state index in [0.717, 1.165) is 25.7 Å². The molecule has 2 aliphatic rings. The second-order valence-electron chi connectivity index (χ2n) is 6.90. The Morgan fingerprint density at radius 3 is 2.53 bits per heavy atom. The Bertz CT molecular complexity index is 301. The fourth-order valence-electron chi connectivity index (χ4n) is 2.86. The van der Waals surface area contributed by atoms with Crippen molar-refractivity contribution >= 4 is 5.97 Å². The molecule has 1 saturated carbocycles. The topological polar surface area (TPSA) is 46.5 Å². The first-order valence-electron chi connectivity index (χ1n) is 6.70. The lowest BCUT2D eigenvalue weighted by Crippen LogP contribution is -2.41. The van der Waals surface area contributed by atoms with Crippen LogP contribution in [-0.4, -0.2) is 23.8 Å². The van der Waals surface area contributed by atoms with E-state index in [4.69, 9.17) is 4.74 Å². The van der Waals surface area contributed by atoms with E-state index >= 15 is 0 Å². The molecule has 2 atom stereocenters. The Morgan fingerprint density at radius 1 is 1.41 bits per heavy atom. The maximum absolute atomic E-state index is 11.7. The van der Waals surface area contributed by atoms with Crippen LogP contribution in [0.1, 0.15) is 52.9 Å². The molecule has 2 fully saturated rings. The summed E-state index contributed by atoms with van der Waals surface area (Å²) in [6, 6.07) is 0. The Morgan fingerprint density at radius 2 is 2.06 bits per heavy atom. The maximum Gasteiger partial charge on any atom is 0.312 e. The SMILES string of the molecule is CC(C)(C)CCC1(C(=O)O)CCOC1C1CC1. The molecule has 1 saturated heterocycles. The van der Waals surface area contributed by atoms with Gasteiger partial charge in [0, 0.05) is 6.61 Å². The van der Waals surface area contributed by atoms with Crippen molar-refractivity contribution in [3.8, 4) is 0 Å². The zero-order valence-electron chi connectivity index (χ0n) is 11.2. The average molecular weight is 240 g/mol. The van der Waals surface area contributed by atoms with Crippen molar-refractivity contribution in [1.29, 1.82) is 0 Å². The second kappa shape index (κ2) is 4.27. The van der Waals surface area contributed by atoms with Crippen molar-refractivity contribution in [3.05, 3.63) is 0 Å². The van der Waals surface area contributed by atoms with Crippen LogP contribution in [0.25, 0.3) is 0 Å². The van der Waals surface area contributed by atoms with E-state index in [9.17, 15) is 9.90 Å². The fraction of sp³-hybridized carbons (Fsp3) is 0.929. The van der Waals surface area contributed by atoms with Gasteiger partial charge in [0.05, 0.1) is 11.5 Å². The summed E-state index contributed by atoms with van der Waals surface area (Å²) in [5.41, 5.74) is -0.409. The van der Waals surface area contributed by atoms with E-state index in [2.05, 4.69) is 20.8 Å². The lowest BCUT2D eigenvalue weighted by Gasteiger charge is -2.32. The molecule has 0 spiro atoms.